The van der Waals surface area contributed by atoms with Crippen molar-refractivity contribution in [2.24, 2.45) is 5.92 Å². The van der Waals surface area contributed by atoms with E-state index < -0.39 is 0 Å². The molecule has 1 rings (SSSR count). The predicted octanol–water partition coefficient (Wildman–Crippen LogP) is 2.76. The van der Waals surface area contributed by atoms with E-state index in [1.54, 1.807) is 6.07 Å². The zero-order valence-electron chi connectivity index (χ0n) is 8.84. The second-order valence-electron chi connectivity index (χ2n) is 3.62. The van der Waals surface area contributed by atoms with Crippen LogP contribution in [0.4, 0.5) is 5.82 Å². The largest absolute Gasteiger partial charge is 0.370 e. The second kappa shape index (κ2) is 5.15. The lowest BCUT2D eigenvalue weighted by atomic mass is 10.2. The summed E-state index contributed by atoms with van der Waals surface area (Å²) in [4.78, 5) is 8.41. The topological polar surface area (TPSA) is 37.8 Å². The number of rotatable bonds is 4. The van der Waals surface area contributed by atoms with E-state index in [1.165, 1.54) is 0 Å². The van der Waals surface area contributed by atoms with Crippen LogP contribution in [0, 0.1) is 5.92 Å². The third-order valence-corrected chi connectivity index (χ3v) is 1.94. The average molecular weight is 214 g/mol. The summed E-state index contributed by atoms with van der Waals surface area (Å²) in [6.07, 6.45) is 0.802. The molecule has 0 aromatic carbocycles. The Morgan fingerprint density at radius 3 is 2.71 bits per heavy atom. The molecule has 4 heteroatoms. The number of hydrogen-bond donors (Lipinski definition) is 1. The number of halogens is 1. The fraction of sp³-hybridized carbons (Fsp3) is 0.600. The van der Waals surface area contributed by atoms with Gasteiger partial charge in [0.15, 0.2) is 0 Å². The van der Waals surface area contributed by atoms with Gasteiger partial charge in [-0.2, -0.15) is 0 Å². The van der Waals surface area contributed by atoms with E-state index in [2.05, 4.69) is 29.1 Å². The smallest absolute Gasteiger partial charge is 0.134 e. The van der Waals surface area contributed by atoms with Crippen LogP contribution in [0.15, 0.2) is 6.07 Å². The Morgan fingerprint density at radius 1 is 1.43 bits per heavy atom. The van der Waals surface area contributed by atoms with Crippen LogP contribution >= 0.6 is 11.6 Å². The van der Waals surface area contributed by atoms with E-state index in [0.717, 1.165) is 24.6 Å². The minimum Gasteiger partial charge on any atom is -0.370 e. The zero-order chi connectivity index (χ0) is 10.6. The standard InChI is InChI=1S/C10H16ClN3/c1-4-9-13-8(11)5-10(14-9)12-6-7(2)3/h5,7H,4,6H2,1-3H3,(H,12,13,14). The molecule has 0 fully saturated rings. The lowest BCUT2D eigenvalue weighted by molar-refractivity contribution is 0.686. The molecule has 1 aromatic rings. The van der Waals surface area contributed by atoms with E-state index >= 15 is 0 Å². The Balaban J connectivity index is 2.71. The Kier molecular flexibility index (Phi) is 4.14. The Morgan fingerprint density at radius 2 is 2.14 bits per heavy atom. The molecule has 0 atom stereocenters. The molecule has 0 aliphatic heterocycles. The molecule has 0 bridgehead atoms. The summed E-state index contributed by atoms with van der Waals surface area (Å²) in [5.74, 6) is 2.19. The van der Waals surface area contributed by atoms with E-state index in [4.69, 9.17) is 11.6 Å². The summed E-state index contributed by atoms with van der Waals surface area (Å²) in [6.45, 7) is 7.21. The lowest BCUT2D eigenvalue weighted by Crippen LogP contribution is -2.10. The molecule has 14 heavy (non-hydrogen) atoms. The fourth-order valence-electron chi connectivity index (χ4n) is 1.02. The number of aryl methyl sites for hydroxylation is 1. The minimum atomic E-state index is 0.503. The first-order valence-corrected chi connectivity index (χ1v) is 5.27. The summed E-state index contributed by atoms with van der Waals surface area (Å²) in [5, 5.41) is 3.73. The van der Waals surface area contributed by atoms with Crippen molar-refractivity contribution in [2.75, 3.05) is 11.9 Å². The molecule has 0 aliphatic carbocycles. The maximum atomic E-state index is 5.85. The van der Waals surface area contributed by atoms with Crippen molar-refractivity contribution in [1.82, 2.24) is 9.97 Å². The summed E-state index contributed by atoms with van der Waals surface area (Å²) >= 11 is 5.85. The van der Waals surface area contributed by atoms with Crippen LogP contribution < -0.4 is 5.32 Å². The average Bonchev–Trinajstić information content (AvgIpc) is 2.14. The van der Waals surface area contributed by atoms with Gasteiger partial charge in [0.1, 0.15) is 16.8 Å². The van der Waals surface area contributed by atoms with Gasteiger partial charge < -0.3 is 5.32 Å². The number of hydrogen-bond acceptors (Lipinski definition) is 3. The fourth-order valence-corrected chi connectivity index (χ4v) is 1.22. The highest BCUT2D eigenvalue weighted by molar-refractivity contribution is 6.29. The quantitative estimate of drug-likeness (QED) is 0.782. The van der Waals surface area contributed by atoms with Gasteiger partial charge in [-0.15, -0.1) is 0 Å². The highest BCUT2D eigenvalue weighted by Gasteiger charge is 2.01. The molecular weight excluding hydrogens is 198 g/mol. The second-order valence-corrected chi connectivity index (χ2v) is 4.01. The Hall–Kier alpha value is -0.830. The van der Waals surface area contributed by atoms with Crippen LogP contribution in [0.2, 0.25) is 5.15 Å². The monoisotopic (exact) mass is 213 g/mol. The summed E-state index contributed by atoms with van der Waals surface area (Å²) < 4.78 is 0. The van der Waals surface area contributed by atoms with E-state index in [-0.39, 0.29) is 0 Å². The molecule has 3 nitrogen and oxygen atoms in total. The van der Waals surface area contributed by atoms with Crippen LogP contribution in [0.3, 0.4) is 0 Å². The van der Waals surface area contributed by atoms with Crippen molar-refractivity contribution in [3.05, 3.63) is 17.0 Å². The van der Waals surface area contributed by atoms with Crippen LogP contribution in [0.1, 0.15) is 26.6 Å². The number of anilines is 1. The van der Waals surface area contributed by atoms with Gasteiger partial charge in [0.2, 0.25) is 0 Å². The van der Waals surface area contributed by atoms with Gasteiger partial charge in [-0.3, -0.25) is 0 Å². The van der Waals surface area contributed by atoms with E-state index in [9.17, 15) is 0 Å². The number of nitrogens with zero attached hydrogens (tertiary/aromatic N) is 2. The van der Waals surface area contributed by atoms with Crippen molar-refractivity contribution in [1.29, 1.82) is 0 Å². The Bertz CT molecular complexity index is 299. The summed E-state index contributed by atoms with van der Waals surface area (Å²) in [5.41, 5.74) is 0. The molecule has 1 heterocycles. The predicted molar refractivity (Wildman–Crippen MR) is 59.7 cm³/mol. The zero-order valence-corrected chi connectivity index (χ0v) is 9.60. The van der Waals surface area contributed by atoms with Crippen molar-refractivity contribution in [3.63, 3.8) is 0 Å². The van der Waals surface area contributed by atoms with Gasteiger partial charge in [0.05, 0.1) is 0 Å². The van der Waals surface area contributed by atoms with Gasteiger partial charge in [-0.25, -0.2) is 9.97 Å². The molecule has 1 N–H and O–H groups in total. The lowest BCUT2D eigenvalue weighted by Gasteiger charge is -2.08. The van der Waals surface area contributed by atoms with Gasteiger partial charge in [0, 0.05) is 19.0 Å². The number of nitrogens with one attached hydrogen (secondary N) is 1. The van der Waals surface area contributed by atoms with Crippen LogP contribution in [0.25, 0.3) is 0 Å². The first-order valence-electron chi connectivity index (χ1n) is 4.89. The van der Waals surface area contributed by atoms with Gasteiger partial charge >= 0.3 is 0 Å². The van der Waals surface area contributed by atoms with E-state index in [1.807, 2.05) is 6.92 Å². The minimum absolute atomic E-state index is 0.503. The van der Waals surface area contributed by atoms with Crippen molar-refractivity contribution >= 4 is 17.4 Å². The van der Waals surface area contributed by atoms with Gasteiger partial charge in [0.25, 0.3) is 0 Å². The van der Waals surface area contributed by atoms with Crippen LogP contribution in [-0.4, -0.2) is 16.5 Å². The van der Waals surface area contributed by atoms with Crippen molar-refractivity contribution < 1.29 is 0 Å². The third kappa shape index (κ3) is 3.50. The maximum Gasteiger partial charge on any atom is 0.134 e. The molecule has 0 radical (unpaired) electrons. The summed E-state index contributed by atoms with van der Waals surface area (Å²) in [7, 11) is 0. The first-order chi connectivity index (χ1) is 6.61. The van der Waals surface area contributed by atoms with E-state index in [0.29, 0.717) is 11.1 Å². The highest BCUT2D eigenvalue weighted by Crippen LogP contribution is 2.12. The summed E-state index contributed by atoms with van der Waals surface area (Å²) in [6, 6.07) is 1.75. The van der Waals surface area contributed by atoms with Crippen molar-refractivity contribution in [2.45, 2.75) is 27.2 Å². The molecule has 1 aromatic heterocycles. The normalized spacial score (nSPS) is 10.6. The third-order valence-electron chi connectivity index (χ3n) is 1.75. The highest BCUT2D eigenvalue weighted by atomic mass is 35.5. The molecule has 0 saturated heterocycles. The van der Waals surface area contributed by atoms with Gasteiger partial charge in [-0.05, 0) is 5.92 Å². The molecule has 0 spiro atoms. The number of aromatic nitrogens is 2. The molecule has 78 valence electrons. The molecule has 0 unspecified atom stereocenters. The Labute approximate surface area is 89.9 Å². The molecule has 0 amide bonds. The van der Waals surface area contributed by atoms with Gasteiger partial charge in [-0.1, -0.05) is 32.4 Å². The molecule has 0 saturated carbocycles. The van der Waals surface area contributed by atoms with Crippen LogP contribution in [0.5, 0.6) is 0 Å². The first kappa shape index (κ1) is 11.2. The molecular formula is C10H16ClN3. The van der Waals surface area contributed by atoms with Crippen molar-refractivity contribution in [3.8, 4) is 0 Å². The molecule has 0 aliphatic rings. The SMILES string of the molecule is CCc1nc(Cl)cc(NCC(C)C)n1. The van der Waals surface area contributed by atoms with Crippen LogP contribution in [-0.2, 0) is 6.42 Å². The maximum absolute atomic E-state index is 5.85.